The molecule has 14 heteroatoms. The molecule has 2 fully saturated rings. The summed E-state index contributed by atoms with van der Waals surface area (Å²) in [4.78, 5) is 24.4. The fourth-order valence-corrected chi connectivity index (χ4v) is 6.12. The molecule has 1 saturated heterocycles. The number of benzene rings is 1. The molecule has 2 unspecified atom stereocenters. The summed E-state index contributed by atoms with van der Waals surface area (Å²) in [6, 6.07) is 5.08. The maximum atomic E-state index is 14.8. The molecule has 232 valence electrons. The first-order valence-electron chi connectivity index (χ1n) is 14.8. The first kappa shape index (κ1) is 29.4. The molecule has 3 aromatic rings. The highest BCUT2D eigenvalue weighted by Crippen LogP contribution is 2.50. The quantitative estimate of drug-likeness (QED) is 0.319. The van der Waals surface area contributed by atoms with E-state index in [-0.39, 0.29) is 43.4 Å². The molecule has 0 N–H and O–H groups in total. The molecule has 2 atom stereocenters. The van der Waals surface area contributed by atoms with Crippen LogP contribution in [-0.4, -0.2) is 62.0 Å². The van der Waals surface area contributed by atoms with Crippen molar-refractivity contribution < 1.29 is 31.6 Å². The van der Waals surface area contributed by atoms with Crippen LogP contribution < -0.4 is 9.64 Å². The van der Waals surface area contributed by atoms with Gasteiger partial charge in [-0.25, -0.2) is 14.1 Å². The zero-order chi connectivity index (χ0) is 30.3. The van der Waals surface area contributed by atoms with Crippen molar-refractivity contribution in [3.05, 3.63) is 47.1 Å². The Kier molecular flexibility index (Phi) is 8.03. The molecule has 1 amide bonds. The second-order valence-corrected chi connectivity index (χ2v) is 12.0. The predicted molar refractivity (Wildman–Crippen MR) is 146 cm³/mol. The van der Waals surface area contributed by atoms with E-state index in [2.05, 4.69) is 25.1 Å². The molecule has 10 nitrogen and oxygen atoms in total. The minimum Gasteiger partial charge on any atom is -0.493 e. The summed E-state index contributed by atoms with van der Waals surface area (Å²) < 4.78 is 66.0. The van der Waals surface area contributed by atoms with Crippen LogP contribution in [0.25, 0.3) is 0 Å². The van der Waals surface area contributed by atoms with E-state index < -0.39 is 23.7 Å². The summed E-state index contributed by atoms with van der Waals surface area (Å²) in [5.74, 6) is 1.24. The third-order valence-electron chi connectivity index (χ3n) is 8.73. The number of alkyl halides is 3. The normalized spacial score (nSPS) is 20.9. The summed E-state index contributed by atoms with van der Waals surface area (Å²) in [6.45, 7) is 6.57. The zero-order valence-electron chi connectivity index (χ0n) is 24.2. The van der Waals surface area contributed by atoms with Crippen LogP contribution in [0.3, 0.4) is 0 Å². The van der Waals surface area contributed by atoms with Crippen LogP contribution >= 0.6 is 0 Å². The molecule has 4 heterocycles. The Morgan fingerprint density at radius 3 is 2.63 bits per heavy atom. The number of ether oxygens (including phenoxy) is 1. The van der Waals surface area contributed by atoms with Crippen molar-refractivity contribution in [1.29, 1.82) is 0 Å². The number of fused-ring (bicyclic) bond motifs is 1. The molecule has 1 aromatic carbocycles. The van der Waals surface area contributed by atoms with E-state index in [4.69, 9.17) is 9.26 Å². The maximum absolute atomic E-state index is 14.8. The Bertz CT molecular complexity index is 1450. The lowest BCUT2D eigenvalue weighted by Crippen LogP contribution is -2.39. The van der Waals surface area contributed by atoms with Gasteiger partial charge in [0.15, 0.2) is 5.82 Å². The Balaban J connectivity index is 0.924. The van der Waals surface area contributed by atoms with Crippen molar-refractivity contribution in [2.75, 3.05) is 31.1 Å². The van der Waals surface area contributed by atoms with Gasteiger partial charge in [0.1, 0.15) is 17.4 Å². The monoisotopic (exact) mass is 605 g/mol. The first-order valence-corrected chi connectivity index (χ1v) is 14.8. The van der Waals surface area contributed by atoms with Gasteiger partial charge in [-0.15, -0.1) is 5.10 Å². The topological polar surface area (TPSA) is 102 Å². The highest BCUT2D eigenvalue weighted by molar-refractivity contribution is 5.79. The van der Waals surface area contributed by atoms with Crippen molar-refractivity contribution in [3.8, 4) is 5.75 Å². The van der Waals surface area contributed by atoms with Crippen LogP contribution in [0, 0.1) is 23.6 Å². The number of nitrogens with zero attached hydrogens (tertiary/aromatic N) is 7. The number of piperidine rings is 1. The molecule has 1 saturated carbocycles. The fourth-order valence-electron chi connectivity index (χ4n) is 6.12. The smallest absolute Gasteiger partial charge is 0.453 e. The van der Waals surface area contributed by atoms with Gasteiger partial charge >= 0.3 is 12.2 Å². The van der Waals surface area contributed by atoms with Gasteiger partial charge in [0.2, 0.25) is 5.91 Å². The molecule has 6 rings (SSSR count). The summed E-state index contributed by atoms with van der Waals surface area (Å²) in [7, 11) is 0. The molecule has 3 aliphatic rings. The Hall–Kier alpha value is -3.71. The van der Waals surface area contributed by atoms with Crippen molar-refractivity contribution in [1.82, 2.24) is 29.8 Å². The van der Waals surface area contributed by atoms with Gasteiger partial charge in [-0.05, 0) is 55.1 Å². The molecule has 0 spiro atoms. The van der Waals surface area contributed by atoms with E-state index in [1.807, 2.05) is 13.8 Å². The largest absolute Gasteiger partial charge is 0.493 e. The van der Waals surface area contributed by atoms with E-state index in [9.17, 15) is 22.4 Å². The SMILES string of the molecule is CC(C)c1noc(N2CCC(C3CC3CCOc3ccc(CC(=O)N4CCn5nc(C(F)(F)F)nc5C4)c(F)c3)CC2)n1. The van der Waals surface area contributed by atoms with E-state index in [0.717, 1.165) is 42.9 Å². The molecule has 2 aromatic heterocycles. The molecule has 43 heavy (non-hydrogen) atoms. The molecule has 0 radical (unpaired) electrons. The van der Waals surface area contributed by atoms with Crippen molar-refractivity contribution in [2.24, 2.45) is 17.8 Å². The first-order chi connectivity index (χ1) is 20.5. The lowest BCUT2D eigenvalue weighted by Gasteiger charge is -2.30. The second kappa shape index (κ2) is 11.8. The van der Waals surface area contributed by atoms with Crippen LogP contribution in [0.1, 0.15) is 68.5 Å². The van der Waals surface area contributed by atoms with Gasteiger partial charge in [0.05, 0.1) is 26.1 Å². The van der Waals surface area contributed by atoms with Crippen molar-refractivity contribution >= 4 is 11.9 Å². The average molecular weight is 606 g/mol. The van der Waals surface area contributed by atoms with E-state index in [0.29, 0.717) is 36.1 Å². The molecular weight excluding hydrogens is 570 g/mol. The second-order valence-electron chi connectivity index (χ2n) is 12.0. The number of carbonyl (C=O) groups is 1. The minimum absolute atomic E-state index is 0.0587. The minimum atomic E-state index is -4.65. The lowest BCUT2D eigenvalue weighted by molar-refractivity contribution is -0.145. The van der Waals surface area contributed by atoms with Crippen molar-refractivity contribution in [3.63, 3.8) is 0 Å². The summed E-state index contributed by atoms with van der Waals surface area (Å²) in [5.41, 5.74) is 0.204. The predicted octanol–water partition coefficient (Wildman–Crippen LogP) is 4.85. The van der Waals surface area contributed by atoms with E-state index in [1.165, 1.54) is 23.5 Å². The van der Waals surface area contributed by atoms with Crippen LogP contribution in [0.5, 0.6) is 5.75 Å². The van der Waals surface area contributed by atoms with Gasteiger partial charge in [0, 0.05) is 31.6 Å². The standard InChI is InChI=1S/C29H35F4N7O3/c1-17(2)26-35-28(43-37-26)38-8-5-18(6-9-38)22-13-19(22)7-12-42-21-4-3-20(23(30)15-21)14-25(41)39-10-11-40-24(16-39)34-27(36-40)29(31,32)33/h3-4,15,17-19,22H,5-14,16H2,1-2H3. The Labute approximate surface area is 246 Å². The van der Waals surface area contributed by atoms with Gasteiger partial charge in [0.25, 0.3) is 5.82 Å². The third-order valence-corrected chi connectivity index (χ3v) is 8.73. The third kappa shape index (κ3) is 6.62. The number of amides is 1. The van der Waals surface area contributed by atoms with Gasteiger partial charge in [-0.1, -0.05) is 25.1 Å². The van der Waals surface area contributed by atoms with Gasteiger partial charge in [-0.3, -0.25) is 4.79 Å². The summed E-state index contributed by atoms with van der Waals surface area (Å²) in [5, 5.41) is 7.54. The maximum Gasteiger partial charge on any atom is 0.453 e. The number of hydrogen-bond acceptors (Lipinski definition) is 8. The fraction of sp³-hybridized carbons (Fsp3) is 0.621. The molecule has 1 aliphatic carbocycles. The highest BCUT2D eigenvalue weighted by atomic mass is 19.4. The Morgan fingerprint density at radius 2 is 1.93 bits per heavy atom. The van der Waals surface area contributed by atoms with E-state index in [1.54, 1.807) is 6.07 Å². The highest BCUT2D eigenvalue weighted by Gasteiger charge is 2.43. The van der Waals surface area contributed by atoms with Crippen LogP contribution in [0.4, 0.5) is 23.6 Å². The number of aromatic nitrogens is 5. The number of hydrogen-bond donors (Lipinski definition) is 0. The van der Waals surface area contributed by atoms with Gasteiger partial charge in [-0.2, -0.15) is 18.2 Å². The molecule has 0 bridgehead atoms. The molecule has 2 aliphatic heterocycles. The summed E-state index contributed by atoms with van der Waals surface area (Å²) >= 11 is 0. The van der Waals surface area contributed by atoms with Gasteiger partial charge < -0.3 is 19.1 Å². The molecular formula is C29H35F4N7O3. The lowest BCUT2D eigenvalue weighted by atomic mass is 9.90. The van der Waals surface area contributed by atoms with Crippen molar-refractivity contribution in [2.45, 2.75) is 71.1 Å². The van der Waals surface area contributed by atoms with Crippen LogP contribution in [0.2, 0.25) is 0 Å². The number of halogens is 4. The number of anilines is 1. The number of rotatable bonds is 9. The number of carbonyl (C=O) groups excluding carboxylic acids is 1. The Morgan fingerprint density at radius 1 is 1.14 bits per heavy atom. The summed E-state index contributed by atoms with van der Waals surface area (Å²) in [6.07, 6.45) is -0.575. The average Bonchev–Trinajstić information content (AvgIpc) is 3.36. The zero-order valence-corrected chi connectivity index (χ0v) is 24.2. The van der Waals surface area contributed by atoms with Crippen LogP contribution in [0.15, 0.2) is 22.7 Å². The van der Waals surface area contributed by atoms with Crippen LogP contribution in [-0.2, 0) is 30.5 Å². The van der Waals surface area contributed by atoms with E-state index >= 15 is 0 Å².